The molecule has 1 N–H and O–H groups in total. The number of nitrogens with one attached hydrogen (secondary N) is 1. The molecule has 0 amide bonds. The van der Waals surface area contributed by atoms with Gasteiger partial charge in [0.15, 0.2) is 9.84 Å². The fourth-order valence-electron chi connectivity index (χ4n) is 2.92. The Morgan fingerprint density at radius 3 is 2.28 bits per heavy atom. The Labute approximate surface area is 150 Å². The van der Waals surface area contributed by atoms with Crippen LogP contribution in [0.1, 0.15) is 34.1 Å². The van der Waals surface area contributed by atoms with Gasteiger partial charge in [-0.2, -0.15) is 0 Å². The summed E-state index contributed by atoms with van der Waals surface area (Å²) in [5.41, 5.74) is 0.129. The highest BCUT2D eigenvalue weighted by atomic mass is 32.2. The second kappa shape index (κ2) is 9.15. The molecule has 0 bridgehead atoms. The van der Waals surface area contributed by atoms with E-state index < -0.39 is 14.8 Å². The van der Waals surface area contributed by atoms with E-state index in [0.29, 0.717) is 18.2 Å². The molecule has 0 saturated heterocycles. The summed E-state index contributed by atoms with van der Waals surface area (Å²) in [6, 6.07) is 4.25. The highest BCUT2D eigenvalue weighted by Crippen LogP contribution is 2.28. The van der Waals surface area contributed by atoms with Crippen LogP contribution in [0.4, 0.5) is 11.4 Å². The first-order valence-electron chi connectivity index (χ1n) is 8.56. The Morgan fingerprint density at radius 1 is 1.24 bits per heavy atom. The average molecular weight is 372 g/mol. The number of nitrogens with zero attached hydrogens (tertiary/aromatic N) is 2. The maximum Gasteiger partial charge on any atom is 0.293 e. The minimum absolute atomic E-state index is 0.0489. The predicted octanol–water partition coefficient (Wildman–Crippen LogP) is 3.17. The Morgan fingerprint density at radius 2 is 1.84 bits per heavy atom. The number of likely N-dealkylation sites (N-methyl/N-ethyl adjacent to an activating group) is 1. The molecule has 0 aliphatic heterocycles. The lowest BCUT2D eigenvalue weighted by molar-refractivity contribution is -0.384. The van der Waals surface area contributed by atoms with Crippen molar-refractivity contribution in [3.8, 4) is 0 Å². The van der Waals surface area contributed by atoms with Crippen LogP contribution in [0, 0.1) is 16.0 Å². The van der Waals surface area contributed by atoms with Crippen LogP contribution in [0.25, 0.3) is 0 Å². The zero-order valence-corrected chi connectivity index (χ0v) is 16.5. The van der Waals surface area contributed by atoms with Gasteiger partial charge in [-0.05, 0) is 37.6 Å². The molecule has 0 fully saturated rings. The molecule has 0 aliphatic carbocycles. The molecule has 25 heavy (non-hydrogen) atoms. The van der Waals surface area contributed by atoms with E-state index in [9.17, 15) is 18.5 Å². The third-order valence-electron chi connectivity index (χ3n) is 4.19. The maximum absolute atomic E-state index is 11.6. The number of benzene rings is 1. The van der Waals surface area contributed by atoms with Crippen LogP contribution in [0.2, 0.25) is 0 Å². The smallest absolute Gasteiger partial charge is 0.293 e. The molecule has 1 aromatic carbocycles. The van der Waals surface area contributed by atoms with Crippen LogP contribution in [0.5, 0.6) is 0 Å². The van der Waals surface area contributed by atoms with Gasteiger partial charge in [-0.1, -0.05) is 27.7 Å². The molecule has 0 unspecified atom stereocenters. The lowest BCUT2D eigenvalue weighted by atomic mass is 10.0. The summed E-state index contributed by atoms with van der Waals surface area (Å²) in [6.45, 7) is 10.9. The lowest BCUT2D eigenvalue weighted by Crippen LogP contribution is -2.40. The molecule has 8 heteroatoms. The molecule has 0 aliphatic rings. The van der Waals surface area contributed by atoms with Gasteiger partial charge in [0, 0.05) is 24.9 Å². The minimum atomic E-state index is -3.48. The van der Waals surface area contributed by atoms with Crippen LogP contribution in [0.15, 0.2) is 23.1 Å². The normalized spacial score (nSPS) is 13.2. The van der Waals surface area contributed by atoms with Gasteiger partial charge in [-0.25, -0.2) is 8.42 Å². The van der Waals surface area contributed by atoms with Gasteiger partial charge in [0.2, 0.25) is 0 Å². The Hall–Kier alpha value is -1.67. The molecule has 1 rings (SSSR count). The summed E-state index contributed by atoms with van der Waals surface area (Å²) in [4.78, 5) is 13.1. The minimum Gasteiger partial charge on any atom is -0.378 e. The van der Waals surface area contributed by atoms with Crippen LogP contribution < -0.4 is 5.32 Å². The number of sulfone groups is 1. The van der Waals surface area contributed by atoms with Crippen molar-refractivity contribution < 1.29 is 13.3 Å². The van der Waals surface area contributed by atoms with Crippen LogP contribution in [-0.2, 0) is 9.84 Å². The van der Waals surface area contributed by atoms with E-state index >= 15 is 0 Å². The lowest BCUT2D eigenvalue weighted by Gasteiger charge is -2.31. The zero-order chi connectivity index (χ0) is 19.2. The van der Waals surface area contributed by atoms with Crippen molar-refractivity contribution in [1.29, 1.82) is 0 Å². The van der Waals surface area contributed by atoms with Gasteiger partial charge < -0.3 is 5.32 Å². The van der Waals surface area contributed by atoms with Gasteiger partial charge in [0.1, 0.15) is 5.69 Å². The predicted molar refractivity (Wildman–Crippen MR) is 101 cm³/mol. The van der Waals surface area contributed by atoms with Gasteiger partial charge in [0.25, 0.3) is 5.69 Å². The van der Waals surface area contributed by atoms with E-state index in [0.717, 1.165) is 31.8 Å². The molecule has 0 aromatic heterocycles. The number of nitro groups is 1. The third-order valence-corrected chi connectivity index (χ3v) is 5.30. The molecule has 7 nitrogen and oxygen atoms in total. The Kier molecular flexibility index (Phi) is 7.82. The summed E-state index contributed by atoms with van der Waals surface area (Å²) in [6.07, 6.45) is 2.02. The molecule has 142 valence electrons. The maximum atomic E-state index is 11.6. The van der Waals surface area contributed by atoms with E-state index in [2.05, 4.69) is 37.9 Å². The van der Waals surface area contributed by atoms with Crippen molar-refractivity contribution in [1.82, 2.24) is 4.90 Å². The number of hydrogen-bond acceptors (Lipinski definition) is 6. The molecule has 0 heterocycles. The van der Waals surface area contributed by atoms with Gasteiger partial charge >= 0.3 is 0 Å². The molecule has 1 aromatic rings. The van der Waals surface area contributed by atoms with Gasteiger partial charge in [0.05, 0.1) is 9.82 Å². The van der Waals surface area contributed by atoms with Crippen molar-refractivity contribution in [3.05, 3.63) is 28.3 Å². The number of rotatable bonds is 10. The monoisotopic (exact) mass is 371 g/mol. The van der Waals surface area contributed by atoms with Crippen LogP contribution >= 0.6 is 0 Å². The van der Waals surface area contributed by atoms with Crippen LogP contribution in [0.3, 0.4) is 0 Å². The standard InChI is InChI=1S/C17H29N3O4S/c1-6-19(7-2)14(10-13(3)4)12-18-16-9-8-15(25(5,23)24)11-17(16)20(21)22/h8-9,11,13-14,18H,6-7,10,12H2,1-5H3/t14-/m0/s1. The second-order valence-corrected chi connectivity index (χ2v) is 8.61. The number of nitro benzene ring substituents is 1. The Bertz CT molecular complexity index is 685. The van der Waals surface area contributed by atoms with Crippen LogP contribution in [-0.4, -0.2) is 50.2 Å². The molecular formula is C17H29N3O4S. The van der Waals surface area contributed by atoms with E-state index in [4.69, 9.17) is 0 Å². The number of anilines is 1. The van der Waals surface area contributed by atoms with Crippen molar-refractivity contribution in [2.24, 2.45) is 5.92 Å². The highest BCUT2D eigenvalue weighted by Gasteiger charge is 2.21. The fraction of sp³-hybridized carbons (Fsp3) is 0.647. The van der Waals surface area contributed by atoms with Crippen molar-refractivity contribution >= 4 is 21.2 Å². The molecule has 1 atom stereocenters. The summed E-state index contributed by atoms with van der Waals surface area (Å²) in [5, 5.41) is 14.5. The van der Waals surface area contributed by atoms with Crippen molar-refractivity contribution in [3.63, 3.8) is 0 Å². The summed E-state index contributed by atoms with van der Waals surface area (Å²) < 4.78 is 23.2. The topological polar surface area (TPSA) is 92.6 Å². The quantitative estimate of drug-likeness (QED) is 0.502. The molecule has 0 spiro atoms. The van der Waals surface area contributed by atoms with Crippen molar-refractivity contribution in [2.75, 3.05) is 31.2 Å². The molecule has 0 saturated carbocycles. The largest absolute Gasteiger partial charge is 0.378 e. The van der Waals surface area contributed by atoms with E-state index in [1.165, 1.54) is 12.1 Å². The first-order valence-corrected chi connectivity index (χ1v) is 10.5. The van der Waals surface area contributed by atoms with Crippen molar-refractivity contribution in [2.45, 2.75) is 45.1 Å². The molecular weight excluding hydrogens is 342 g/mol. The summed E-state index contributed by atoms with van der Waals surface area (Å²) >= 11 is 0. The Balaban J connectivity index is 3.05. The van der Waals surface area contributed by atoms with E-state index in [1.807, 2.05) is 0 Å². The highest BCUT2D eigenvalue weighted by molar-refractivity contribution is 7.90. The van der Waals surface area contributed by atoms with Gasteiger partial charge in [-0.15, -0.1) is 0 Å². The third kappa shape index (κ3) is 6.28. The van der Waals surface area contributed by atoms with E-state index in [1.54, 1.807) is 0 Å². The molecule has 0 radical (unpaired) electrons. The average Bonchev–Trinajstić information content (AvgIpc) is 2.51. The SMILES string of the molecule is CCN(CC)[C@H](CNc1ccc(S(C)(=O)=O)cc1[N+](=O)[O-])CC(C)C. The first-order chi connectivity index (χ1) is 11.6. The number of hydrogen-bond donors (Lipinski definition) is 1. The van der Waals surface area contributed by atoms with E-state index in [-0.39, 0.29) is 16.6 Å². The fourth-order valence-corrected chi connectivity index (χ4v) is 3.56. The van der Waals surface area contributed by atoms with Gasteiger partial charge in [-0.3, -0.25) is 15.0 Å². The first kappa shape index (κ1) is 21.4. The summed E-state index contributed by atoms with van der Waals surface area (Å²) in [7, 11) is -3.48. The summed E-state index contributed by atoms with van der Waals surface area (Å²) in [5.74, 6) is 0.509. The second-order valence-electron chi connectivity index (χ2n) is 6.59. The zero-order valence-electron chi connectivity index (χ0n) is 15.7.